The Balaban J connectivity index is 5.25. The predicted octanol–water partition coefficient (Wildman–Crippen LogP) is 26.1. The minimum atomic E-state index is -4.97. The molecule has 0 aliphatic heterocycles. The highest BCUT2D eigenvalue weighted by atomic mass is 31.2. The number of hydrogen-bond acceptors (Lipinski definition) is 15. The van der Waals surface area contributed by atoms with Crippen LogP contribution in [-0.4, -0.2) is 96.7 Å². The summed E-state index contributed by atoms with van der Waals surface area (Å²) in [6, 6.07) is 0. The van der Waals surface area contributed by atoms with Crippen molar-refractivity contribution in [2.45, 2.75) is 471 Å². The second-order valence-corrected chi connectivity index (χ2v) is 35.3. The van der Waals surface area contributed by atoms with Gasteiger partial charge in [-0.3, -0.25) is 37.3 Å². The Hall–Kier alpha value is -1.94. The molecule has 3 N–H and O–H groups in total. The fourth-order valence-electron chi connectivity index (χ4n) is 13.4. The SMILES string of the molecule is CCCCCCCCCCCCCCCCCCCC(=O)OC[C@H](COP(=O)(O)OC[C@@H](O)COP(=O)(O)OC[C@@H](COC(=O)CCCCCCCCCCCC(C)C)OC(=O)CCCCCCCCCCCCCCC(C)C)OC(=O)CCCCCCCCCCCCCCCCCCCCC(C)C. The fraction of sp³-hybridized carbons (Fsp3) is 0.953. The van der Waals surface area contributed by atoms with Crippen molar-refractivity contribution in [2.75, 3.05) is 39.6 Å². The van der Waals surface area contributed by atoms with Gasteiger partial charge >= 0.3 is 39.5 Å². The molecule has 105 heavy (non-hydrogen) atoms. The quantitative estimate of drug-likeness (QED) is 0.0222. The van der Waals surface area contributed by atoms with E-state index in [1.165, 1.54) is 263 Å². The summed E-state index contributed by atoms with van der Waals surface area (Å²) in [7, 11) is -9.93. The third-order valence-electron chi connectivity index (χ3n) is 20.1. The monoisotopic (exact) mass is 1540 g/mol. The third kappa shape index (κ3) is 79.9. The minimum Gasteiger partial charge on any atom is -0.462 e. The first kappa shape index (κ1) is 103. The zero-order chi connectivity index (χ0) is 77.2. The van der Waals surface area contributed by atoms with Crippen LogP contribution in [-0.2, 0) is 65.4 Å². The van der Waals surface area contributed by atoms with E-state index in [1.54, 1.807) is 0 Å². The first-order chi connectivity index (χ1) is 50.7. The van der Waals surface area contributed by atoms with Crippen LogP contribution in [0.1, 0.15) is 453 Å². The Labute approximate surface area is 645 Å². The smallest absolute Gasteiger partial charge is 0.462 e. The maximum absolute atomic E-state index is 13.1. The zero-order valence-corrected chi connectivity index (χ0v) is 71.0. The fourth-order valence-corrected chi connectivity index (χ4v) is 14.9. The number of carbonyl (C=O) groups is 4. The summed E-state index contributed by atoms with van der Waals surface area (Å²) in [6.45, 7) is 12.0. The summed E-state index contributed by atoms with van der Waals surface area (Å²) in [4.78, 5) is 73.2. The molecule has 5 atom stereocenters. The van der Waals surface area contributed by atoms with Gasteiger partial charge in [-0.15, -0.1) is 0 Å². The van der Waals surface area contributed by atoms with Gasteiger partial charge in [0.25, 0.3) is 0 Å². The summed E-state index contributed by atoms with van der Waals surface area (Å²) >= 11 is 0. The third-order valence-corrected chi connectivity index (χ3v) is 22.0. The van der Waals surface area contributed by atoms with E-state index < -0.39 is 97.5 Å². The number of carbonyl (C=O) groups excluding carboxylic acids is 4. The van der Waals surface area contributed by atoms with E-state index in [1.807, 2.05) is 0 Å². The predicted molar refractivity (Wildman–Crippen MR) is 432 cm³/mol. The number of aliphatic hydroxyl groups excluding tert-OH is 1. The molecule has 0 saturated heterocycles. The lowest BCUT2D eigenvalue weighted by molar-refractivity contribution is -0.161. The van der Waals surface area contributed by atoms with E-state index in [-0.39, 0.29) is 25.7 Å². The van der Waals surface area contributed by atoms with Crippen LogP contribution in [0.5, 0.6) is 0 Å². The molecule has 0 saturated carbocycles. The van der Waals surface area contributed by atoms with Crippen molar-refractivity contribution in [3.05, 3.63) is 0 Å². The standard InChI is InChI=1S/C86H168O17P2/c1-8-9-10-11-12-13-14-15-16-19-23-26-32-39-46-53-60-67-83(88)96-73-81(102-85(90)69-62-55-48-40-33-27-24-21-18-17-20-22-25-30-36-43-50-57-64-77(2)3)75-100-104(92,93)98-71-80(87)72-99-105(94,95)101-76-82(74-97-84(89)68-61-54-47-42-35-38-45-52-59-66-79(6)7)103-86(91)70-63-56-49-41-34-29-28-31-37-44-51-58-65-78(4)5/h77-82,87H,8-76H2,1-7H3,(H,92,93)(H,94,95)/t80-,81-,82-/m1/s1. The highest BCUT2D eigenvalue weighted by molar-refractivity contribution is 7.47. The first-order valence-electron chi connectivity index (χ1n) is 44.3. The van der Waals surface area contributed by atoms with E-state index in [4.69, 9.17) is 37.0 Å². The molecule has 17 nitrogen and oxygen atoms in total. The number of phosphoric acid groups is 2. The highest BCUT2D eigenvalue weighted by Gasteiger charge is 2.30. The van der Waals surface area contributed by atoms with Crippen LogP contribution >= 0.6 is 15.6 Å². The molecule has 0 aromatic heterocycles. The first-order valence-corrected chi connectivity index (χ1v) is 47.3. The van der Waals surface area contributed by atoms with Crippen molar-refractivity contribution in [1.82, 2.24) is 0 Å². The number of hydrogen-bond donors (Lipinski definition) is 3. The maximum atomic E-state index is 13.1. The molecule has 2 unspecified atom stereocenters. The summed E-state index contributed by atoms with van der Waals surface area (Å²) in [5.41, 5.74) is 0. The second kappa shape index (κ2) is 76.1. The highest BCUT2D eigenvalue weighted by Crippen LogP contribution is 2.45. The Kier molecular flexibility index (Phi) is 74.7. The van der Waals surface area contributed by atoms with Gasteiger partial charge in [0.2, 0.25) is 0 Å². The molecule has 0 radical (unpaired) electrons. The Morgan fingerprint density at radius 2 is 0.438 bits per heavy atom. The van der Waals surface area contributed by atoms with Crippen LogP contribution in [0.25, 0.3) is 0 Å². The van der Waals surface area contributed by atoms with Crippen LogP contribution in [0.4, 0.5) is 0 Å². The molecule has 0 heterocycles. The van der Waals surface area contributed by atoms with Crippen molar-refractivity contribution in [3.63, 3.8) is 0 Å². The number of rotatable bonds is 84. The number of ether oxygens (including phenoxy) is 4. The lowest BCUT2D eigenvalue weighted by Gasteiger charge is -2.21. The van der Waals surface area contributed by atoms with Crippen molar-refractivity contribution in [1.29, 1.82) is 0 Å². The van der Waals surface area contributed by atoms with Crippen LogP contribution in [0.2, 0.25) is 0 Å². The van der Waals surface area contributed by atoms with Gasteiger partial charge in [0.05, 0.1) is 26.4 Å². The molecule has 0 rings (SSSR count). The van der Waals surface area contributed by atoms with E-state index >= 15 is 0 Å². The molecule has 624 valence electrons. The molecule has 19 heteroatoms. The van der Waals surface area contributed by atoms with E-state index in [0.29, 0.717) is 25.7 Å². The number of unbranched alkanes of at least 4 members (excludes halogenated alkanes) is 52. The lowest BCUT2D eigenvalue weighted by Crippen LogP contribution is -2.30. The Morgan fingerprint density at radius 1 is 0.257 bits per heavy atom. The molecule has 0 aliphatic carbocycles. The molecule has 0 fully saturated rings. The largest absolute Gasteiger partial charge is 0.472 e. The average molecular weight is 1540 g/mol. The summed E-state index contributed by atoms with van der Waals surface area (Å²) in [5.74, 6) is 0.237. The van der Waals surface area contributed by atoms with Gasteiger partial charge in [-0.1, -0.05) is 402 Å². The van der Waals surface area contributed by atoms with Gasteiger partial charge < -0.3 is 33.8 Å². The lowest BCUT2D eigenvalue weighted by atomic mass is 10.0. The maximum Gasteiger partial charge on any atom is 0.472 e. The molecule has 0 aliphatic rings. The molecule has 0 bridgehead atoms. The van der Waals surface area contributed by atoms with Gasteiger partial charge in [0.15, 0.2) is 12.2 Å². The summed E-state index contributed by atoms with van der Waals surface area (Å²) in [5, 5.41) is 10.7. The molecular formula is C86H168O17P2. The summed E-state index contributed by atoms with van der Waals surface area (Å²) < 4.78 is 68.9. The topological polar surface area (TPSA) is 237 Å². The van der Waals surface area contributed by atoms with Gasteiger partial charge in [-0.25, -0.2) is 9.13 Å². The van der Waals surface area contributed by atoms with Crippen molar-refractivity contribution in [3.8, 4) is 0 Å². The van der Waals surface area contributed by atoms with Crippen molar-refractivity contribution >= 4 is 39.5 Å². The van der Waals surface area contributed by atoms with Gasteiger partial charge in [0.1, 0.15) is 19.3 Å². The van der Waals surface area contributed by atoms with Crippen LogP contribution in [0.15, 0.2) is 0 Å². The Bertz CT molecular complexity index is 2030. The average Bonchev–Trinajstić information content (AvgIpc) is 0.980. The number of esters is 4. The molecule has 0 amide bonds. The van der Waals surface area contributed by atoms with Crippen LogP contribution < -0.4 is 0 Å². The minimum absolute atomic E-state index is 0.107. The number of aliphatic hydroxyl groups is 1. The number of phosphoric ester groups is 2. The second-order valence-electron chi connectivity index (χ2n) is 32.4. The van der Waals surface area contributed by atoms with E-state index in [2.05, 4.69) is 48.5 Å². The van der Waals surface area contributed by atoms with Crippen molar-refractivity contribution in [2.24, 2.45) is 17.8 Å². The van der Waals surface area contributed by atoms with Crippen LogP contribution in [0, 0.1) is 17.8 Å². The molecule has 0 aromatic rings. The van der Waals surface area contributed by atoms with E-state index in [0.717, 1.165) is 108 Å². The van der Waals surface area contributed by atoms with Gasteiger partial charge in [-0.2, -0.15) is 0 Å². The Morgan fingerprint density at radius 3 is 0.648 bits per heavy atom. The van der Waals surface area contributed by atoms with Gasteiger partial charge in [-0.05, 0) is 43.4 Å². The molecular weight excluding hydrogens is 1370 g/mol. The normalized spacial score (nSPS) is 13.9. The summed E-state index contributed by atoms with van der Waals surface area (Å²) in [6.07, 6.45) is 66.6. The van der Waals surface area contributed by atoms with Crippen molar-refractivity contribution < 1.29 is 80.2 Å². The molecule has 0 aromatic carbocycles. The van der Waals surface area contributed by atoms with E-state index in [9.17, 15) is 43.2 Å². The van der Waals surface area contributed by atoms with Crippen LogP contribution in [0.3, 0.4) is 0 Å². The zero-order valence-electron chi connectivity index (χ0n) is 69.2. The van der Waals surface area contributed by atoms with Gasteiger partial charge in [0, 0.05) is 25.7 Å². The molecule has 0 spiro atoms.